The van der Waals surface area contributed by atoms with Crippen molar-refractivity contribution in [3.63, 3.8) is 0 Å². The number of carbonyl (C=O) groups excluding carboxylic acids is 1. The maximum atomic E-state index is 13.4. The Morgan fingerprint density at radius 2 is 1.95 bits per heavy atom. The molecule has 0 aliphatic carbocycles. The fraction of sp³-hybridized carbons (Fsp3) is 0.125. The molecule has 106 valence electrons. The van der Waals surface area contributed by atoms with E-state index in [1.807, 2.05) is 6.07 Å². The molecule has 0 spiro atoms. The molecule has 0 bridgehead atoms. The summed E-state index contributed by atoms with van der Waals surface area (Å²) in [5.74, 6) is -0.897. The predicted molar refractivity (Wildman–Crippen MR) is 77.8 cm³/mol. The van der Waals surface area contributed by atoms with E-state index in [-0.39, 0.29) is 17.2 Å². The first-order valence-corrected chi connectivity index (χ1v) is 6.31. The Labute approximate surface area is 122 Å². The molecular weight excluding hydrogens is 269 g/mol. The number of nitrogens with zero attached hydrogens (tertiary/aromatic N) is 2. The lowest BCUT2D eigenvalue weighted by molar-refractivity contribution is 0.0784. The second-order valence-electron chi connectivity index (χ2n) is 4.71. The van der Waals surface area contributed by atoms with Gasteiger partial charge in [0.25, 0.3) is 5.91 Å². The topological polar surface area (TPSA) is 70.1 Å². The van der Waals surface area contributed by atoms with E-state index in [9.17, 15) is 9.18 Å². The van der Waals surface area contributed by atoms with Gasteiger partial charge in [-0.2, -0.15) is 5.26 Å². The van der Waals surface area contributed by atoms with E-state index in [4.69, 9.17) is 11.0 Å². The first-order valence-electron chi connectivity index (χ1n) is 6.31. The highest BCUT2D eigenvalue weighted by Gasteiger charge is 2.13. The lowest BCUT2D eigenvalue weighted by Gasteiger charge is -2.17. The average Bonchev–Trinajstić information content (AvgIpc) is 2.50. The summed E-state index contributed by atoms with van der Waals surface area (Å²) in [4.78, 5) is 13.7. The number of amides is 1. The molecule has 0 heterocycles. The average molecular weight is 283 g/mol. The minimum absolute atomic E-state index is 0.0151. The van der Waals surface area contributed by atoms with Gasteiger partial charge in [-0.3, -0.25) is 4.79 Å². The highest BCUT2D eigenvalue weighted by atomic mass is 19.1. The third kappa shape index (κ3) is 3.37. The molecule has 2 rings (SSSR count). The Bertz CT molecular complexity index is 704. The number of halogens is 1. The fourth-order valence-corrected chi connectivity index (χ4v) is 1.91. The van der Waals surface area contributed by atoms with Crippen LogP contribution in [-0.4, -0.2) is 17.9 Å². The number of hydrogen-bond donors (Lipinski definition) is 1. The first-order chi connectivity index (χ1) is 10.0. The molecule has 21 heavy (non-hydrogen) atoms. The molecule has 0 aliphatic heterocycles. The molecule has 1 amide bonds. The summed E-state index contributed by atoms with van der Waals surface area (Å²) in [6.45, 7) is 0.372. The summed E-state index contributed by atoms with van der Waals surface area (Å²) >= 11 is 0. The molecule has 4 nitrogen and oxygen atoms in total. The molecular formula is C16H14FN3O. The van der Waals surface area contributed by atoms with E-state index in [1.165, 1.54) is 17.0 Å². The van der Waals surface area contributed by atoms with Gasteiger partial charge in [0.15, 0.2) is 0 Å². The molecule has 2 aromatic carbocycles. The normalized spacial score (nSPS) is 9.95. The molecule has 0 saturated carbocycles. The summed E-state index contributed by atoms with van der Waals surface area (Å²) in [5, 5.41) is 8.74. The number of benzene rings is 2. The van der Waals surface area contributed by atoms with Crippen molar-refractivity contribution >= 4 is 11.6 Å². The summed E-state index contributed by atoms with van der Waals surface area (Å²) in [5.41, 5.74) is 7.11. The molecule has 0 aromatic heterocycles. The minimum atomic E-state index is -0.604. The maximum Gasteiger partial charge on any atom is 0.254 e. The van der Waals surface area contributed by atoms with Crippen LogP contribution in [-0.2, 0) is 6.54 Å². The molecule has 0 radical (unpaired) electrons. The molecule has 0 fully saturated rings. The first kappa shape index (κ1) is 14.5. The molecule has 0 atom stereocenters. The lowest BCUT2D eigenvalue weighted by Crippen LogP contribution is -2.26. The van der Waals surface area contributed by atoms with Crippen LogP contribution in [0.25, 0.3) is 0 Å². The van der Waals surface area contributed by atoms with Crippen LogP contribution in [0.3, 0.4) is 0 Å². The summed E-state index contributed by atoms with van der Waals surface area (Å²) in [6, 6.07) is 13.0. The standard InChI is InChI=1S/C16H14FN3O/c1-20(10-12-4-2-11(9-18)3-5-12)16(21)13-6-7-15(19)14(17)8-13/h2-8H,10,19H2,1H3. The summed E-state index contributed by atoms with van der Waals surface area (Å²) in [7, 11) is 1.63. The van der Waals surface area contributed by atoms with Gasteiger partial charge < -0.3 is 10.6 Å². The van der Waals surface area contributed by atoms with Gasteiger partial charge in [0.05, 0.1) is 17.3 Å². The number of nitriles is 1. The molecule has 0 aliphatic rings. The minimum Gasteiger partial charge on any atom is -0.396 e. The van der Waals surface area contributed by atoms with E-state index < -0.39 is 5.82 Å². The van der Waals surface area contributed by atoms with Crippen molar-refractivity contribution in [2.45, 2.75) is 6.54 Å². The van der Waals surface area contributed by atoms with Gasteiger partial charge in [-0.25, -0.2) is 4.39 Å². The van der Waals surface area contributed by atoms with Crippen LogP contribution >= 0.6 is 0 Å². The van der Waals surface area contributed by atoms with Crippen molar-refractivity contribution in [2.24, 2.45) is 0 Å². The monoisotopic (exact) mass is 283 g/mol. The highest BCUT2D eigenvalue weighted by Crippen LogP contribution is 2.14. The second kappa shape index (κ2) is 6.06. The van der Waals surface area contributed by atoms with Gasteiger partial charge in [-0.1, -0.05) is 12.1 Å². The maximum absolute atomic E-state index is 13.4. The van der Waals surface area contributed by atoms with E-state index in [0.717, 1.165) is 11.6 Å². The van der Waals surface area contributed by atoms with Crippen molar-refractivity contribution in [3.8, 4) is 6.07 Å². The van der Waals surface area contributed by atoms with Gasteiger partial charge in [0, 0.05) is 19.2 Å². The third-order valence-corrected chi connectivity index (χ3v) is 3.10. The SMILES string of the molecule is CN(Cc1ccc(C#N)cc1)C(=O)c1ccc(N)c(F)c1. The Hall–Kier alpha value is -2.87. The van der Waals surface area contributed by atoms with E-state index in [2.05, 4.69) is 0 Å². The van der Waals surface area contributed by atoms with Gasteiger partial charge in [-0.15, -0.1) is 0 Å². The van der Waals surface area contributed by atoms with Crippen LogP contribution in [0.5, 0.6) is 0 Å². The Morgan fingerprint density at radius 3 is 2.52 bits per heavy atom. The number of nitrogen functional groups attached to an aromatic ring is 1. The number of hydrogen-bond acceptors (Lipinski definition) is 3. The second-order valence-corrected chi connectivity index (χ2v) is 4.71. The van der Waals surface area contributed by atoms with Gasteiger partial charge >= 0.3 is 0 Å². The van der Waals surface area contributed by atoms with E-state index in [0.29, 0.717) is 12.1 Å². The largest absolute Gasteiger partial charge is 0.396 e. The lowest BCUT2D eigenvalue weighted by atomic mass is 10.1. The van der Waals surface area contributed by atoms with Crippen LogP contribution in [0.1, 0.15) is 21.5 Å². The predicted octanol–water partition coefficient (Wildman–Crippen LogP) is 2.55. The van der Waals surface area contributed by atoms with Crippen LogP contribution < -0.4 is 5.73 Å². The van der Waals surface area contributed by atoms with Gasteiger partial charge in [0.1, 0.15) is 5.82 Å². The number of anilines is 1. The zero-order chi connectivity index (χ0) is 15.4. The molecule has 0 unspecified atom stereocenters. The van der Waals surface area contributed by atoms with Crippen molar-refractivity contribution < 1.29 is 9.18 Å². The molecule has 5 heteroatoms. The Kier molecular flexibility index (Phi) is 4.19. The van der Waals surface area contributed by atoms with Crippen LogP contribution in [0.4, 0.5) is 10.1 Å². The van der Waals surface area contributed by atoms with E-state index in [1.54, 1.807) is 31.3 Å². The Morgan fingerprint density at radius 1 is 1.29 bits per heavy atom. The van der Waals surface area contributed by atoms with E-state index >= 15 is 0 Å². The quantitative estimate of drug-likeness (QED) is 0.880. The van der Waals surface area contributed by atoms with Crippen molar-refractivity contribution in [2.75, 3.05) is 12.8 Å². The number of rotatable bonds is 3. The van der Waals surface area contributed by atoms with Gasteiger partial charge in [0.2, 0.25) is 0 Å². The highest BCUT2D eigenvalue weighted by molar-refractivity contribution is 5.94. The third-order valence-electron chi connectivity index (χ3n) is 3.10. The number of carbonyl (C=O) groups is 1. The summed E-state index contributed by atoms with van der Waals surface area (Å²) < 4.78 is 13.4. The van der Waals surface area contributed by atoms with Crippen molar-refractivity contribution in [3.05, 3.63) is 65.0 Å². The zero-order valence-electron chi connectivity index (χ0n) is 11.5. The van der Waals surface area contributed by atoms with Crippen LogP contribution in [0.15, 0.2) is 42.5 Å². The Balaban J connectivity index is 2.11. The van der Waals surface area contributed by atoms with Crippen molar-refractivity contribution in [1.29, 1.82) is 5.26 Å². The van der Waals surface area contributed by atoms with Gasteiger partial charge in [-0.05, 0) is 35.9 Å². The smallest absolute Gasteiger partial charge is 0.254 e. The van der Waals surface area contributed by atoms with Crippen molar-refractivity contribution in [1.82, 2.24) is 4.90 Å². The molecule has 2 N–H and O–H groups in total. The fourth-order valence-electron chi connectivity index (χ4n) is 1.91. The van der Waals surface area contributed by atoms with Crippen LogP contribution in [0, 0.1) is 17.1 Å². The summed E-state index contributed by atoms with van der Waals surface area (Å²) in [6.07, 6.45) is 0. The van der Waals surface area contributed by atoms with Crippen LogP contribution in [0.2, 0.25) is 0 Å². The molecule has 0 saturated heterocycles. The zero-order valence-corrected chi connectivity index (χ0v) is 11.5. The molecule has 2 aromatic rings. The number of nitrogens with two attached hydrogens (primary N) is 1.